The number of pyridine rings is 1. The summed E-state index contributed by atoms with van der Waals surface area (Å²) >= 11 is 0. The van der Waals surface area contributed by atoms with Gasteiger partial charge in [-0.15, -0.1) is 0 Å². The average molecular weight is 324 g/mol. The molecule has 0 spiro atoms. The Kier molecular flexibility index (Phi) is 4.20. The monoisotopic (exact) mass is 324 g/mol. The summed E-state index contributed by atoms with van der Waals surface area (Å²) in [6.45, 7) is 0.104. The highest BCUT2D eigenvalue weighted by Crippen LogP contribution is 2.24. The minimum Gasteiger partial charge on any atom is -0.497 e. The van der Waals surface area contributed by atoms with Crippen LogP contribution in [0.1, 0.15) is 16.1 Å². The van der Waals surface area contributed by atoms with Crippen LogP contribution in [0.5, 0.6) is 11.5 Å². The molecule has 0 unspecified atom stereocenters. The molecule has 1 amide bonds. The number of aromatic nitrogens is 1. The third-order valence-electron chi connectivity index (χ3n) is 3.64. The van der Waals surface area contributed by atoms with Crippen LogP contribution in [0.25, 0.3) is 10.8 Å². The van der Waals surface area contributed by atoms with Gasteiger partial charge in [0.1, 0.15) is 18.1 Å². The first-order valence-electron chi connectivity index (χ1n) is 7.30. The lowest BCUT2D eigenvalue weighted by molar-refractivity contribution is 0.0995. The number of primary amides is 1. The molecule has 0 atom stereocenters. The number of methoxy groups -OCH3 is 1. The number of hydrogen-bond donors (Lipinski definition) is 2. The minimum atomic E-state index is -0.615. The third-order valence-corrected chi connectivity index (χ3v) is 3.64. The lowest BCUT2D eigenvalue weighted by Gasteiger charge is -2.11. The first kappa shape index (κ1) is 15.6. The number of aromatic amines is 1. The Balaban J connectivity index is 1.88. The fourth-order valence-corrected chi connectivity index (χ4v) is 2.45. The van der Waals surface area contributed by atoms with E-state index in [-0.39, 0.29) is 17.7 Å². The van der Waals surface area contributed by atoms with Crippen LogP contribution in [0.4, 0.5) is 0 Å². The molecule has 1 heterocycles. The molecular formula is C18H16N2O4. The Morgan fingerprint density at radius 3 is 2.71 bits per heavy atom. The van der Waals surface area contributed by atoms with Crippen LogP contribution in [-0.4, -0.2) is 18.0 Å². The number of nitrogens with one attached hydrogen (secondary N) is 1. The number of carbonyl (C=O) groups is 1. The topological polar surface area (TPSA) is 94.4 Å². The van der Waals surface area contributed by atoms with Crippen molar-refractivity contribution in [2.75, 3.05) is 7.11 Å². The second-order valence-electron chi connectivity index (χ2n) is 5.23. The Bertz CT molecular complexity index is 963. The van der Waals surface area contributed by atoms with Crippen molar-refractivity contribution >= 4 is 16.7 Å². The highest BCUT2D eigenvalue weighted by atomic mass is 16.5. The summed E-state index contributed by atoms with van der Waals surface area (Å²) in [5, 5.41) is 1.44. The van der Waals surface area contributed by atoms with Crippen LogP contribution in [-0.2, 0) is 6.61 Å². The molecule has 0 fully saturated rings. The van der Waals surface area contributed by atoms with E-state index in [2.05, 4.69) is 4.98 Å². The predicted molar refractivity (Wildman–Crippen MR) is 90.4 cm³/mol. The summed E-state index contributed by atoms with van der Waals surface area (Å²) < 4.78 is 10.7. The third kappa shape index (κ3) is 3.08. The molecule has 3 N–H and O–H groups in total. The van der Waals surface area contributed by atoms with E-state index >= 15 is 0 Å². The lowest BCUT2D eigenvalue weighted by atomic mass is 10.1. The van der Waals surface area contributed by atoms with Gasteiger partial charge in [-0.2, -0.15) is 0 Å². The molecular weight excluding hydrogens is 308 g/mol. The zero-order valence-electron chi connectivity index (χ0n) is 13.0. The zero-order valence-corrected chi connectivity index (χ0v) is 13.0. The summed E-state index contributed by atoms with van der Waals surface area (Å²) in [5.74, 6) is 0.225. The summed E-state index contributed by atoms with van der Waals surface area (Å²) in [5.41, 5.74) is 6.01. The number of ether oxygens (including phenoxy) is 2. The summed E-state index contributed by atoms with van der Waals surface area (Å²) in [7, 11) is 1.50. The van der Waals surface area contributed by atoms with Crippen molar-refractivity contribution in [3.63, 3.8) is 0 Å². The van der Waals surface area contributed by atoms with E-state index in [9.17, 15) is 9.59 Å². The number of carbonyl (C=O) groups excluding carboxylic acids is 1. The van der Waals surface area contributed by atoms with Crippen LogP contribution in [0, 0.1) is 0 Å². The molecule has 0 radical (unpaired) electrons. The molecule has 3 aromatic rings. The standard InChI is InChI=1S/C18H16N2O4/c1-23-13-6-7-16(15(9-13)17(19)21)24-10-12-8-11-4-2-3-5-14(11)18(22)20-12/h2-9H,10H2,1H3,(H2,19,21)(H,20,22). The molecule has 6 nitrogen and oxygen atoms in total. The molecule has 2 aromatic carbocycles. The number of H-pyrrole nitrogens is 1. The first-order valence-corrected chi connectivity index (χ1v) is 7.30. The van der Waals surface area contributed by atoms with E-state index in [0.717, 1.165) is 5.39 Å². The SMILES string of the molecule is COc1ccc(OCc2cc3ccccc3c(=O)[nH]2)c(C(N)=O)c1. The first-order chi connectivity index (χ1) is 11.6. The smallest absolute Gasteiger partial charge is 0.256 e. The van der Waals surface area contributed by atoms with Gasteiger partial charge in [-0.05, 0) is 35.7 Å². The molecule has 0 aliphatic rings. The van der Waals surface area contributed by atoms with Gasteiger partial charge in [-0.1, -0.05) is 18.2 Å². The van der Waals surface area contributed by atoms with Gasteiger partial charge in [0.05, 0.1) is 18.4 Å². The Hall–Kier alpha value is -3.28. The summed E-state index contributed by atoms with van der Waals surface area (Å²) in [6.07, 6.45) is 0. The largest absolute Gasteiger partial charge is 0.497 e. The lowest BCUT2D eigenvalue weighted by Crippen LogP contribution is -2.14. The number of rotatable bonds is 5. The molecule has 3 rings (SSSR count). The van der Waals surface area contributed by atoms with Gasteiger partial charge in [0.2, 0.25) is 0 Å². The molecule has 24 heavy (non-hydrogen) atoms. The fraction of sp³-hybridized carbons (Fsp3) is 0.111. The van der Waals surface area contributed by atoms with E-state index in [4.69, 9.17) is 15.2 Å². The average Bonchev–Trinajstić information content (AvgIpc) is 2.59. The van der Waals surface area contributed by atoms with Crippen molar-refractivity contribution in [2.24, 2.45) is 5.73 Å². The molecule has 0 aliphatic heterocycles. The quantitative estimate of drug-likeness (QED) is 0.752. The number of benzene rings is 2. The van der Waals surface area contributed by atoms with E-state index in [1.165, 1.54) is 13.2 Å². The van der Waals surface area contributed by atoms with Crippen molar-refractivity contribution in [1.29, 1.82) is 0 Å². The number of fused-ring (bicyclic) bond motifs is 1. The molecule has 1 aromatic heterocycles. The van der Waals surface area contributed by atoms with Gasteiger partial charge in [0, 0.05) is 5.39 Å². The van der Waals surface area contributed by atoms with Gasteiger partial charge in [-0.3, -0.25) is 9.59 Å². The Labute approximate surface area is 137 Å². The summed E-state index contributed by atoms with van der Waals surface area (Å²) in [4.78, 5) is 26.4. The molecule has 0 saturated heterocycles. The molecule has 6 heteroatoms. The summed E-state index contributed by atoms with van der Waals surface area (Å²) in [6, 6.07) is 13.9. The van der Waals surface area contributed by atoms with Crippen molar-refractivity contribution in [3.05, 3.63) is 70.1 Å². The van der Waals surface area contributed by atoms with Gasteiger partial charge in [0.15, 0.2) is 0 Å². The normalized spacial score (nSPS) is 10.5. The minimum absolute atomic E-state index is 0.104. The highest BCUT2D eigenvalue weighted by Gasteiger charge is 2.12. The van der Waals surface area contributed by atoms with Gasteiger partial charge < -0.3 is 20.2 Å². The zero-order chi connectivity index (χ0) is 17.1. The van der Waals surface area contributed by atoms with E-state index in [1.807, 2.05) is 24.3 Å². The van der Waals surface area contributed by atoms with Gasteiger partial charge >= 0.3 is 0 Å². The maximum atomic E-state index is 12.1. The van der Waals surface area contributed by atoms with Crippen LogP contribution in [0.3, 0.4) is 0 Å². The molecule has 122 valence electrons. The van der Waals surface area contributed by atoms with E-state index < -0.39 is 5.91 Å². The van der Waals surface area contributed by atoms with Crippen molar-refractivity contribution < 1.29 is 14.3 Å². The Morgan fingerprint density at radius 1 is 1.17 bits per heavy atom. The maximum Gasteiger partial charge on any atom is 0.256 e. The highest BCUT2D eigenvalue weighted by molar-refractivity contribution is 5.96. The van der Waals surface area contributed by atoms with Crippen LogP contribution in [0.2, 0.25) is 0 Å². The van der Waals surface area contributed by atoms with Gasteiger partial charge in [-0.25, -0.2) is 0 Å². The van der Waals surface area contributed by atoms with E-state index in [1.54, 1.807) is 18.2 Å². The number of nitrogens with two attached hydrogens (primary N) is 1. The van der Waals surface area contributed by atoms with Crippen molar-refractivity contribution in [1.82, 2.24) is 4.98 Å². The Morgan fingerprint density at radius 2 is 1.96 bits per heavy atom. The second-order valence-corrected chi connectivity index (χ2v) is 5.23. The van der Waals surface area contributed by atoms with Crippen LogP contribution >= 0.6 is 0 Å². The van der Waals surface area contributed by atoms with Crippen molar-refractivity contribution in [3.8, 4) is 11.5 Å². The fourth-order valence-electron chi connectivity index (χ4n) is 2.45. The number of amides is 1. The van der Waals surface area contributed by atoms with Gasteiger partial charge in [0.25, 0.3) is 11.5 Å². The predicted octanol–water partition coefficient (Wildman–Crippen LogP) is 2.21. The second kappa shape index (κ2) is 6.45. The van der Waals surface area contributed by atoms with E-state index in [0.29, 0.717) is 22.6 Å². The van der Waals surface area contributed by atoms with Crippen LogP contribution < -0.4 is 20.8 Å². The number of hydrogen-bond acceptors (Lipinski definition) is 4. The molecule has 0 bridgehead atoms. The van der Waals surface area contributed by atoms with Crippen LogP contribution in [0.15, 0.2) is 53.3 Å². The maximum absolute atomic E-state index is 12.1. The molecule has 0 aliphatic carbocycles. The van der Waals surface area contributed by atoms with Crippen molar-refractivity contribution in [2.45, 2.75) is 6.61 Å². The molecule has 0 saturated carbocycles.